The summed E-state index contributed by atoms with van der Waals surface area (Å²) >= 11 is 0. The number of nitrogens with one attached hydrogen (secondary N) is 3. The number of allylic oxidation sites excluding steroid dienone is 2. The molecule has 3 heterocycles. The molecule has 0 spiro atoms. The summed E-state index contributed by atoms with van der Waals surface area (Å²) < 4.78 is 0. The van der Waals surface area contributed by atoms with E-state index >= 15 is 28.8 Å². The molecular weight excluding hydrogens is 1170 g/mol. The van der Waals surface area contributed by atoms with E-state index in [2.05, 4.69) is 25.8 Å². The molecular formula is C66H117N13O12. The molecule has 0 aromatic heterocycles. The molecule has 0 unspecified atom stereocenters. The summed E-state index contributed by atoms with van der Waals surface area (Å²) in [7, 11) is 10.6. The number of hydrogen-bond acceptors (Lipinski definition) is 14. The van der Waals surface area contributed by atoms with Crippen molar-refractivity contribution in [2.24, 2.45) is 41.4 Å². The van der Waals surface area contributed by atoms with Gasteiger partial charge in [0.15, 0.2) is 0 Å². The lowest BCUT2D eigenvalue weighted by molar-refractivity contribution is -0.211. The van der Waals surface area contributed by atoms with Crippen LogP contribution in [0.4, 0.5) is 0 Å². The minimum atomic E-state index is -1.63. The van der Waals surface area contributed by atoms with Gasteiger partial charge >= 0.3 is 0 Å². The Hall–Kier alpha value is -6.21. The highest BCUT2D eigenvalue weighted by molar-refractivity contribution is 6.02. The zero-order chi connectivity index (χ0) is 69.7. The SMILES string of the molecule is C/C=C/C[C@@H](C)[C@@H](O)[C@H]1C(=O)N[C@@H](CC)C(=O)N(C)[C@H](C)C(=O)N(C)[C@@H]([C@H](C)CN2CCN(C)CC2)C(=O)N[C@@H](C(C)C)C(=O)N(C)[C@@H](CC(C)C)C(=O)N[C@@H](C)C(=O)N2[C@H](C)C(=O)N2[C@@H](CC(C)C)C(=O)N(C)[C@@H](CC(C)C)C(=O)N(C)[C@@H](C(C)C)C(=O)N1C. The summed E-state index contributed by atoms with van der Waals surface area (Å²) in [6.07, 6.45) is 2.69. The minimum Gasteiger partial charge on any atom is -0.390 e. The van der Waals surface area contributed by atoms with Crippen LogP contribution >= 0.6 is 0 Å². The van der Waals surface area contributed by atoms with Crippen LogP contribution in [0.1, 0.15) is 150 Å². The average molecular weight is 1280 g/mol. The quantitative estimate of drug-likeness (QED) is 0.162. The number of rotatable bonds is 16. The Morgan fingerprint density at radius 2 is 0.956 bits per heavy atom. The first kappa shape index (κ1) is 79.0. The smallest absolute Gasteiger partial charge is 0.266 e. The van der Waals surface area contributed by atoms with Gasteiger partial charge in [0.05, 0.1) is 6.10 Å². The van der Waals surface area contributed by atoms with Crippen LogP contribution in [0.5, 0.6) is 0 Å². The van der Waals surface area contributed by atoms with Crippen molar-refractivity contribution in [1.82, 2.24) is 65.2 Å². The Bertz CT molecular complexity index is 2570. The minimum absolute atomic E-state index is 0.0117. The molecule has 25 nitrogen and oxygen atoms in total. The number of likely N-dealkylation sites (N-methyl/N-ethyl adjacent to an activating group) is 7. The number of nitrogens with zero attached hydrogens (tertiary/aromatic N) is 10. The average Bonchev–Trinajstić information content (AvgIpc) is 0.759. The fourth-order valence-corrected chi connectivity index (χ4v) is 12.7. The summed E-state index contributed by atoms with van der Waals surface area (Å²) in [6.45, 7) is 32.9. The number of hydrogen-bond donors (Lipinski definition) is 4. The van der Waals surface area contributed by atoms with E-state index < -0.39 is 161 Å². The third-order valence-electron chi connectivity index (χ3n) is 18.6. The molecule has 91 heavy (non-hydrogen) atoms. The molecule has 0 saturated carbocycles. The fourth-order valence-electron chi connectivity index (χ4n) is 12.7. The van der Waals surface area contributed by atoms with Crippen molar-refractivity contribution >= 4 is 65.0 Å². The third kappa shape index (κ3) is 19.4. The molecule has 3 aliphatic heterocycles. The van der Waals surface area contributed by atoms with Crippen LogP contribution < -0.4 is 16.0 Å². The molecule has 11 amide bonds. The number of hydrazine groups is 1. The number of fused-ring (bicyclic) bond motifs is 1. The maximum absolute atomic E-state index is 15.3. The first-order valence-electron chi connectivity index (χ1n) is 33.1. The molecule has 0 aromatic rings. The lowest BCUT2D eigenvalue weighted by Crippen LogP contribution is -2.76. The number of carbonyl (C=O) groups is 11. The fraction of sp³-hybridized carbons (Fsp3) is 0.803. The highest BCUT2D eigenvalue weighted by Gasteiger charge is 2.54. The van der Waals surface area contributed by atoms with E-state index in [0.717, 1.165) is 28.0 Å². The van der Waals surface area contributed by atoms with Gasteiger partial charge in [-0.25, -0.2) is 10.0 Å². The summed E-state index contributed by atoms with van der Waals surface area (Å²) in [5, 5.41) is 23.0. The molecule has 14 atom stereocenters. The van der Waals surface area contributed by atoms with Gasteiger partial charge in [-0.3, -0.25) is 52.7 Å². The Labute approximate surface area is 544 Å². The van der Waals surface area contributed by atoms with Crippen molar-refractivity contribution in [3.63, 3.8) is 0 Å². The molecule has 3 rings (SSSR count). The van der Waals surface area contributed by atoms with Crippen LogP contribution in [0.2, 0.25) is 0 Å². The number of piperazine rings is 1. The molecule has 25 heteroatoms. The Kier molecular flexibility index (Phi) is 30.1. The van der Waals surface area contributed by atoms with Gasteiger partial charge in [-0.15, -0.1) is 0 Å². The van der Waals surface area contributed by atoms with E-state index in [4.69, 9.17) is 0 Å². The van der Waals surface area contributed by atoms with Crippen molar-refractivity contribution in [3.8, 4) is 0 Å². The van der Waals surface area contributed by atoms with E-state index in [-0.39, 0.29) is 43.4 Å². The maximum atomic E-state index is 15.3. The zero-order valence-electron chi connectivity index (χ0n) is 59.6. The molecule has 0 bridgehead atoms. The van der Waals surface area contributed by atoms with Crippen molar-refractivity contribution in [1.29, 1.82) is 0 Å². The monoisotopic (exact) mass is 1280 g/mol. The normalized spacial score (nSPS) is 28.8. The number of aliphatic hydroxyl groups excluding tert-OH is 1. The highest BCUT2D eigenvalue weighted by Crippen LogP contribution is 2.31. The molecule has 518 valence electrons. The van der Waals surface area contributed by atoms with Crippen molar-refractivity contribution in [2.75, 3.05) is 82.1 Å². The molecule has 0 aliphatic carbocycles. The second-order valence-corrected chi connectivity index (χ2v) is 28.2. The van der Waals surface area contributed by atoms with E-state index in [1.54, 1.807) is 54.5 Å². The summed E-state index contributed by atoms with van der Waals surface area (Å²) in [4.78, 5) is 176. The number of carbonyl (C=O) groups excluding carboxylic acids is 11. The van der Waals surface area contributed by atoms with Gasteiger partial charge < -0.3 is 60.3 Å². The molecule has 4 N–H and O–H groups in total. The molecule has 0 radical (unpaired) electrons. The van der Waals surface area contributed by atoms with Gasteiger partial charge in [-0.1, -0.05) is 102 Å². The van der Waals surface area contributed by atoms with Crippen molar-refractivity contribution in [2.45, 2.75) is 222 Å². The zero-order valence-corrected chi connectivity index (χ0v) is 59.6. The number of aliphatic hydroxyl groups is 1. The van der Waals surface area contributed by atoms with Crippen LogP contribution in [0.15, 0.2) is 12.2 Å². The van der Waals surface area contributed by atoms with Crippen molar-refractivity contribution < 1.29 is 57.8 Å². The maximum Gasteiger partial charge on any atom is 0.266 e. The lowest BCUT2D eigenvalue weighted by atomic mass is 9.91. The van der Waals surface area contributed by atoms with Gasteiger partial charge in [0.1, 0.15) is 66.5 Å². The molecule has 0 aromatic carbocycles. The molecule has 3 saturated heterocycles. The van der Waals surface area contributed by atoms with Gasteiger partial charge in [0.2, 0.25) is 53.2 Å². The van der Waals surface area contributed by atoms with Crippen LogP contribution in [-0.4, -0.2) is 274 Å². The number of amides is 11. The third-order valence-corrected chi connectivity index (χ3v) is 18.6. The predicted octanol–water partition coefficient (Wildman–Crippen LogP) is 2.51. The summed E-state index contributed by atoms with van der Waals surface area (Å²) in [6, 6.07) is -14.0. The van der Waals surface area contributed by atoms with Gasteiger partial charge in [0.25, 0.3) is 11.8 Å². The Morgan fingerprint density at radius 3 is 1.46 bits per heavy atom. The summed E-state index contributed by atoms with van der Waals surface area (Å²) in [5.74, 6) is -10.4. The first-order chi connectivity index (χ1) is 42.2. The van der Waals surface area contributed by atoms with Gasteiger partial charge in [0, 0.05) is 75.0 Å². The van der Waals surface area contributed by atoms with Crippen LogP contribution in [-0.2, 0) is 52.7 Å². The Morgan fingerprint density at radius 1 is 0.473 bits per heavy atom. The predicted molar refractivity (Wildman–Crippen MR) is 349 cm³/mol. The summed E-state index contributed by atoms with van der Waals surface area (Å²) in [5.41, 5.74) is 0. The Balaban J connectivity index is 2.40. The topological polar surface area (TPSA) is 276 Å². The standard InChI is InChI=1S/C66H117N13O12/c1-25-27-28-42(13)55(80)54-58(83)68-47(26-2)62(87)71(19)45(16)60(85)75(23)53(43(14)36-77-31-29-70(18)30-32-77)57(82)69-51(40(9)10)65(90)72(20)48(33-37(3)4)56(81)67-44(15)59(84)78-46(17)61(86)79(78)50(35-39(7)8)64(89)73(21)49(34-38(5)6)63(88)74(22)52(41(11)12)66(91)76(54)24/h25,27,37-55,80H,26,28-36H2,1-24H3,(H,67,81)(H,68,83)(H,69,82)/b27-25+/t42-,43-,44+,45-,46-,47+,48+,49+,50+,51+,52+,53+,54+,55-/m1/s1. The largest absolute Gasteiger partial charge is 0.390 e. The molecule has 3 fully saturated rings. The van der Waals surface area contributed by atoms with E-state index in [1.807, 2.05) is 61.6 Å². The van der Waals surface area contributed by atoms with E-state index in [9.17, 15) is 29.1 Å². The van der Waals surface area contributed by atoms with E-state index in [1.165, 1.54) is 87.6 Å². The second-order valence-electron chi connectivity index (χ2n) is 28.2. The van der Waals surface area contributed by atoms with Crippen molar-refractivity contribution in [3.05, 3.63) is 12.2 Å². The second kappa shape index (κ2) is 34.6. The molecule has 3 aliphatic rings. The lowest BCUT2D eigenvalue weighted by Gasteiger charge is -2.53. The van der Waals surface area contributed by atoms with Gasteiger partial charge in [-0.2, -0.15) is 0 Å². The van der Waals surface area contributed by atoms with Crippen LogP contribution in [0, 0.1) is 41.4 Å². The first-order valence-corrected chi connectivity index (χ1v) is 33.1. The highest BCUT2D eigenvalue weighted by atomic mass is 16.3. The van der Waals surface area contributed by atoms with E-state index in [0.29, 0.717) is 26.1 Å². The van der Waals surface area contributed by atoms with Crippen LogP contribution in [0.3, 0.4) is 0 Å². The van der Waals surface area contributed by atoms with Crippen LogP contribution in [0.25, 0.3) is 0 Å². The van der Waals surface area contributed by atoms with Gasteiger partial charge in [-0.05, 0) is 108 Å².